The van der Waals surface area contributed by atoms with Crippen molar-refractivity contribution in [2.45, 2.75) is 21.6 Å². The van der Waals surface area contributed by atoms with Crippen LogP contribution >= 0.6 is 23.5 Å². The second kappa shape index (κ2) is 5.93. The summed E-state index contributed by atoms with van der Waals surface area (Å²) in [6.07, 6.45) is 0. The molecule has 3 rings (SSSR count). The first-order chi connectivity index (χ1) is 11.2. The summed E-state index contributed by atoms with van der Waals surface area (Å²) in [7, 11) is 0. The van der Waals surface area contributed by atoms with Crippen LogP contribution in [0.2, 0.25) is 0 Å². The number of nitrogen functional groups attached to an aromatic ring is 2. The third-order valence-corrected chi connectivity index (χ3v) is 5.85. The van der Waals surface area contributed by atoms with E-state index in [1.54, 1.807) is 0 Å². The molecule has 0 fully saturated rings. The quantitative estimate of drug-likeness (QED) is 0.570. The first-order valence-corrected chi connectivity index (χ1v) is 8.43. The molecule has 0 aromatic heterocycles. The Kier molecular flexibility index (Phi) is 4.21. The standard InChI is InChI=1S/C16H12F4N2S2/c17-15(18)13(23-11-5-1-9(21)2-6-11)14(16(15,19)20)24-12-7-3-10(22)4-8-12/h1-8H,21-22H2. The van der Waals surface area contributed by atoms with Crippen LogP contribution in [0.3, 0.4) is 0 Å². The van der Waals surface area contributed by atoms with Crippen molar-refractivity contribution in [1.82, 2.24) is 0 Å². The van der Waals surface area contributed by atoms with E-state index in [2.05, 4.69) is 0 Å². The van der Waals surface area contributed by atoms with Gasteiger partial charge in [0.2, 0.25) is 0 Å². The van der Waals surface area contributed by atoms with Crippen molar-refractivity contribution in [3.05, 3.63) is 58.3 Å². The molecule has 1 aliphatic carbocycles. The lowest BCUT2D eigenvalue weighted by Gasteiger charge is -2.40. The summed E-state index contributed by atoms with van der Waals surface area (Å²) < 4.78 is 55.5. The van der Waals surface area contributed by atoms with Crippen molar-refractivity contribution in [1.29, 1.82) is 0 Å². The van der Waals surface area contributed by atoms with Crippen LogP contribution in [0.5, 0.6) is 0 Å². The molecule has 0 bridgehead atoms. The van der Waals surface area contributed by atoms with E-state index in [4.69, 9.17) is 11.5 Å². The number of allylic oxidation sites excluding steroid dienone is 2. The van der Waals surface area contributed by atoms with E-state index in [1.165, 1.54) is 48.5 Å². The van der Waals surface area contributed by atoms with Gasteiger partial charge in [-0.1, -0.05) is 23.5 Å². The molecule has 2 nitrogen and oxygen atoms in total. The highest BCUT2D eigenvalue weighted by Crippen LogP contribution is 2.64. The zero-order valence-corrected chi connectivity index (χ0v) is 13.7. The monoisotopic (exact) mass is 372 g/mol. The van der Waals surface area contributed by atoms with Gasteiger partial charge in [-0.05, 0) is 48.5 Å². The molecule has 0 atom stereocenters. The molecule has 24 heavy (non-hydrogen) atoms. The lowest BCUT2D eigenvalue weighted by molar-refractivity contribution is -0.176. The number of hydrogen-bond donors (Lipinski definition) is 2. The molecule has 4 N–H and O–H groups in total. The van der Waals surface area contributed by atoms with Crippen molar-refractivity contribution >= 4 is 34.9 Å². The van der Waals surface area contributed by atoms with Crippen LogP contribution in [-0.2, 0) is 0 Å². The van der Waals surface area contributed by atoms with Gasteiger partial charge >= 0.3 is 11.8 Å². The summed E-state index contributed by atoms with van der Waals surface area (Å²) in [5, 5.41) is 0. The average molecular weight is 372 g/mol. The van der Waals surface area contributed by atoms with Crippen LogP contribution in [0.4, 0.5) is 28.9 Å². The minimum atomic E-state index is -4.19. The minimum absolute atomic E-state index is 0.421. The van der Waals surface area contributed by atoms with Gasteiger partial charge in [0.15, 0.2) is 0 Å². The van der Waals surface area contributed by atoms with Crippen LogP contribution in [0, 0.1) is 0 Å². The Hall–Kier alpha value is -1.80. The predicted octanol–water partition coefficient (Wildman–Crippen LogP) is 5.23. The smallest absolute Gasteiger partial charge is 0.347 e. The highest BCUT2D eigenvalue weighted by atomic mass is 32.2. The van der Waals surface area contributed by atoms with Crippen LogP contribution in [0.15, 0.2) is 68.1 Å². The first-order valence-electron chi connectivity index (χ1n) is 6.79. The van der Waals surface area contributed by atoms with E-state index in [1.807, 2.05) is 0 Å². The van der Waals surface area contributed by atoms with Gasteiger partial charge in [-0.15, -0.1) is 0 Å². The average Bonchev–Trinajstić information content (AvgIpc) is 2.54. The van der Waals surface area contributed by atoms with Crippen LogP contribution in [0.25, 0.3) is 0 Å². The van der Waals surface area contributed by atoms with E-state index in [9.17, 15) is 17.6 Å². The summed E-state index contributed by atoms with van der Waals surface area (Å²) in [5.74, 6) is -8.37. The maximum absolute atomic E-state index is 13.9. The SMILES string of the molecule is Nc1ccc(SC2=C(Sc3ccc(N)cc3)C(F)(F)C2(F)F)cc1. The molecule has 2 aromatic carbocycles. The van der Waals surface area contributed by atoms with Gasteiger partial charge in [-0.2, -0.15) is 17.6 Å². The van der Waals surface area contributed by atoms with E-state index in [0.29, 0.717) is 44.7 Å². The highest BCUT2D eigenvalue weighted by molar-refractivity contribution is 8.07. The molecule has 0 radical (unpaired) electrons. The third kappa shape index (κ3) is 2.84. The Morgan fingerprint density at radius 3 is 1.17 bits per heavy atom. The van der Waals surface area contributed by atoms with E-state index < -0.39 is 21.7 Å². The molecule has 0 unspecified atom stereocenters. The minimum Gasteiger partial charge on any atom is -0.399 e. The van der Waals surface area contributed by atoms with Crippen molar-refractivity contribution in [2.75, 3.05) is 11.5 Å². The van der Waals surface area contributed by atoms with E-state index in [0.717, 1.165) is 0 Å². The molecular weight excluding hydrogens is 360 g/mol. The van der Waals surface area contributed by atoms with E-state index >= 15 is 0 Å². The lowest BCUT2D eigenvalue weighted by Crippen LogP contribution is -2.51. The predicted molar refractivity (Wildman–Crippen MR) is 90.3 cm³/mol. The van der Waals surface area contributed by atoms with Crippen LogP contribution < -0.4 is 11.5 Å². The summed E-state index contributed by atoms with van der Waals surface area (Å²) in [6, 6.07) is 12.2. The fourth-order valence-electron chi connectivity index (χ4n) is 2.04. The fourth-order valence-corrected chi connectivity index (χ4v) is 4.26. The van der Waals surface area contributed by atoms with Crippen molar-refractivity contribution in [3.63, 3.8) is 0 Å². The van der Waals surface area contributed by atoms with Crippen LogP contribution in [0.1, 0.15) is 0 Å². The molecule has 1 aliphatic rings. The Morgan fingerprint density at radius 2 is 0.875 bits per heavy atom. The number of rotatable bonds is 4. The summed E-state index contributed by atoms with van der Waals surface area (Å²) in [4.78, 5) is -0.437. The molecule has 0 heterocycles. The Bertz CT molecular complexity index is 719. The Balaban J connectivity index is 1.93. The molecule has 126 valence electrons. The molecule has 0 saturated carbocycles. The summed E-state index contributed by atoms with van der Waals surface area (Å²) >= 11 is 1.25. The fraction of sp³-hybridized carbons (Fsp3) is 0.125. The van der Waals surface area contributed by atoms with Crippen LogP contribution in [-0.4, -0.2) is 11.8 Å². The zero-order chi connectivity index (χ0) is 17.5. The van der Waals surface area contributed by atoms with Gasteiger partial charge in [0.05, 0.1) is 9.81 Å². The maximum atomic E-state index is 13.9. The Labute approximate surface area is 144 Å². The largest absolute Gasteiger partial charge is 0.399 e. The molecule has 2 aromatic rings. The number of thioether (sulfide) groups is 2. The molecule has 8 heteroatoms. The number of anilines is 2. The molecular formula is C16H12F4N2S2. The molecule has 0 spiro atoms. The van der Waals surface area contributed by atoms with Gasteiger partial charge in [-0.25, -0.2) is 0 Å². The van der Waals surface area contributed by atoms with Crippen molar-refractivity contribution in [3.8, 4) is 0 Å². The lowest BCUT2D eigenvalue weighted by atomic mass is 10.00. The molecule has 0 aliphatic heterocycles. The second-order valence-electron chi connectivity index (χ2n) is 5.15. The van der Waals surface area contributed by atoms with Gasteiger partial charge < -0.3 is 11.5 Å². The number of nitrogens with two attached hydrogens (primary N) is 2. The maximum Gasteiger partial charge on any atom is 0.347 e. The zero-order valence-electron chi connectivity index (χ0n) is 12.1. The summed E-state index contributed by atoms with van der Waals surface area (Å²) in [6.45, 7) is 0. The van der Waals surface area contributed by atoms with Crippen molar-refractivity contribution in [2.24, 2.45) is 0 Å². The van der Waals surface area contributed by atoms with Gasteiger partial charge in [-0.3, -0.25) is 0 Å². The number of alkyl halides is 4. The first kappa shape index (κ1) is 17.0. The topological polar surface area (TPSA) is 52.0 Å². The van der Waals surface area contributed by atoms with Gasteiger partial charge in [0.25, 0.3) is 0 Å². The van der Waals surface area contributed by atoms with Gasteiger partial charge in [0.1, 0.15) is 0 Å². The number of halogens is 4. The summed E-state index contributed by atoms with van der Waals surface area (Å²) in [5.41, 5.74) is 12.0. The van der Waals surface area contributed by atoms with Gasteiger partial charge in [0, 0.05) is 21.2 Å². The Morgan fingerprint density at radius 1 is 0.583 bits per heavy atom. The third-order valence-electron chi connectivity index (χ3n) is 3.37. The normalized spacial score (nSPS) is 18.3. The molecule has 0 amide bonds. The van der Waals surface area contributed by atoms with Crippen molar-refractivity contribution < 1.29 is 17.6 Å². The second-order valence-corrected chi connectivity index (χ2v) is 7.32. The molecule has 0 saturated heterocycles. The van der Waals surface area contributed by atoms with E-state index in [-0.39, 0.29) is 0 Å². The number of hydrogen-bond acceptors (Lipinski definition) is 4. The number of benzene rings is 2. The highest BCUT2D eigenvalue weighted by Gasteiger charge is 2.71.